The number of hydrogen-bond donors (Lipinski definition) is 0. The Morgan fingerprint density at radius 1 is 1.38 bits per heavy atom. The van der Waals surface area contributed by atoms with E-state index in [-0.39, 0.29) is 5.97 Å². The van der Waals surface area contributed by atoms with Gasteiger partial charge in [-0.3, -0.25) is 0 Å². The van der Waals surface area contributed by atoms with Gasteiger partial charge in [-0.15, -0.1) is 0 Å². The van der Waals surface area contributed by atoms with Gasteiger partial charge in [-0.25, -0.2) is 4.79 Å². The van der Waals surface area contributed by atoms with E-state index in [1.807, 2.05) is 30.3 Å². The zero-order chi connectivity index (χ0) is 9.52. The number of carbonyl (C=O) groups excluding carboxylic acids is 1. The number of benzene rings is 1. The molecule has 0 amide bonds. The molecule has 0 unspecified atom stereocenters. The van der Waals surface area contributed by atoms with Crippen molar-refractivity contribution in [2.45, 2.75) is 4.90 Å². The summed E-state index contributed by atoms with van der Waals surface area (Å²) < 4.78 is 4.45. The number of thioether (sulfide) groups is 1. The van der Waals surface area contributed by atoms with Crippen molar-refractivity contribution >= 4 is 17.7 Å². The van der Waals surface area contributed by atoms with Crippen LogP contribution in [0.15, 0.2) is 46.7 Å². The molecule has 0 radical (unpaired) electrons. The quantitative estimate of drug-likeness (QED) is 0.420. The molecule has 0 bridgehead atoms. The van der Waals surface area contributed by atoms with E-state index in [0.717, 1.165) is 4.90 Å². The molecule has 68 valence electrons. The highest BCUT2D eigenvalue weighted by molar-refractivity contribution is 8.02. The summed E-state index contributed by atoms with van der Waals surface area (Å²) in [5, 5.41) is 1.71. The number of ether oxygens (including phenoxy) is 1. The van der Waals surface area contributed by atoms with Gasteiger partial charge < -0.3 is 4.74 Å². The molecule has 2 nitrogen and oxygen atoms in total. The number of methoxy groups -OCH3 is 1. The molecular weight excluding hydrogens is 184 g/mol. The monoisotopic (exact) mass is 194 g/mol. The lowest BCUT2D eigenvalue weighted by atomic mass is 10.4. The first kappa shape index (κ1) is 9.86. The Bertz CT molecular complexity index is 293. The van der Waals surface area contributed by atoms with Crippen LogP contribution in [0.25, 0.3) is 0 Å². The molecule has 0 aromatic heterocycles. The van der Waals surface area contributed by atoms with Gasteiger partial charge in [0.2, 0.25) is 0 Å². The third kappa shape index (κ3) is 3.80. The van der Waals surface area contributed by atoms with Crippen LogP contribution in [0.5, 0.6) is 0 Å². The van der Waals surface area contributed by atoms with E-state index >= 15 is 0 Å². The molecule has 0 N–H and O–H groups in total. The van der Waals surface area contributed by atoms with Crippen LogP contribution in [0.1, 0.15) is 0 Å². The van der Waals surface area contributed by atoms with Crippen LogP contribution < -0.4 is 0 Å². The van der Waals surface area contributed by atoms with Crippen LogP contribution >= 0.6 is 11.8 Å². The lowest BCUT2D eigenvalue weighted by Crippen LogP contribution is -1.92. The molecule has 0 heterocycles. The summed E-state index contributed by atoms with van der Waals surface area (Å²) in [4.78, 5) is 11.8. The summed E-state index contributed by atoms with van der Waals surface area (Å²) in [5.41, 5.74) is 0. The molecule has 3 heteroatoms. The summed E-state index contributed by atoms with van der Waals surface area (Å²) in [7, 11) is 1.36. The lowest BCUT2D eigenvalue weighted by Gasteiger charge is -1.93. The van der Waals surface area contributed by atoms with Gasteiger partial charge >= 0.3 is 5.97 Å². The zero-order valence-electron chi connectivity index (χ0n) is 7.27. The molecule has 1 aromatic rings. The van der Waals surface area contributed by atoms with Crippen LogP contribution in [-0.2, 0) is 9.53 Å². The van der Waals surface area contributed by atoms with E-state index < -0.39 is 0 Å². The van der Waals surface area contributed by atoms with Crippen molar-refractivity contribution in [3.63, 3.8) is 0 Å². The fourth-order valence-electron chi connectivity index (χ4n) is 0.735. The molecule has 13 heavy (non-hydrogen) atoms. The lowest BCUT2D eigenvalue weighted by molar-refractivity contribution is -0.134. The minimum atomic E-state index is -0.330. The summed E-state index contributed by atoms with van der Waals surface area (Å²) >= 11 is 1.48. The van der Waals surface area contributed by atoms with E-state index in [0.29, 0.717) is 0 Å². The minimum absolute atomic E-state index is 0.330. The molecule has 0 fully saturated rings. The molecular formula is C10H10O2S. The van der Waals surface area contributed by atoms with Crippen LogP contribution in [0, 0.1) is 0 Å². The number of carbonyl (C=O) groups is 1. The van der Waals surface area contributed by atoms with Crippen LogP contribution in [-0.4, -0.2) is 13.1 Å². The highest BCUT2D eigenvalue weighted by atomic mass is 32.2. The summed E-state index contributed by atoms with van der Waals surface area (Å²) in [5.74, 6) is -0.330. The van der Waals surface area contributed by atoms with Gasteiger partial charge in [0.25, 0.3) is 0 Å². The predicted octanol–water partition coefficient (Wildman–Crippen LogP) is 2.47. The zero-order valence-corrected chi connectivity index (χ0v) is 8.08. The Labute approximate surface area is 81.6 Å². The predicted molar refractivity (Wildman–Crippen MR) is 53.5 cm³/mol. The van der Waals surface area contributed by atoms with Crippen molar-refractivity contribution in [3.05, 3.63) is 41.8 Å². The van der Waals surface area contributed by atoms with Crippen molar-refractivity contribution in [1.82, 2.24) is 0 Å². The van der Waals surface area contributed by atoms with Gasteiger partial charge in [0.05, 0.1) is 7.11 Å². The first-order valence-electron chi connectivity index (χ1n) is 3.79. The summed E-state index contributed by atoms with van der Waals surface area (Å²) in [6.45, 7) is 0. The van der Waals surface area contributed by atoms with Gasteiger partial charge in [0.15, 0.2) is 0 Å². The Kier molecular flexibility index (Phi) is 4.12. The molecule has 0 saturated carbocycles. The molecule has 0 saturated heterocycles. The van der Waals surface area contributed by atoms with E-state index in [1.165, 1.54) is 24.9 Å². The average molecular weight is 194 g/mol. The highest BCUT2D eigenvalue weighted by Gasteiger charge is 1.90. The molecule has 0 aliphatic rings. The van der Waals surface area contributed by atoms with Gasteiger partial charge in [-0.2, -0.15) is 0 Å². The second-order valence-electron chi connectivity index (χ2n) is 2.26. The van der Waals surface area contributed by atoms with Crippen molar-refractivity contribution in [1.29, 1.82) is 0 Å². The Morgan fingerprint density at radius 3 is 2.69 bits per heavy atom. The average Bonchev–Trinajstić information content (AvgIpc) is 2.19. The van der Waals surface area contributed by atoms with Crippen molar-refractivity contribution in [2.75, 3.05) is 7.11 Å². The molecule has 1 aromatic carbocycles. The maximum absolute atomic E-state index is 10.7. The molecule has 1 rings (SSSR count). The Morgan fingerprint density at radius 2 is 2.08 bits per heavy atom. The molecule has 0 atom stereocenters. The summed E-state index contributed by atoms with van der Waals surface area (Å²) in [6.07, 6.45) is 1.40. The topological polar surface area (TPSA) is 26.3 Å². The molecule has 0 spiro atoms. The smallest absolute Gasteiger partial charge is 0.330 e. The highest BCUT2D eigenvalue weighted by Crippen LogP contribution is 2.17. The van der Waals surface area contributed by atoms with Gasteiger partial charge in [0, 0.05) is 11.0 Å². The second kappa shape index (κ2) is 5.43. The van der Waals surface area contributed by atoms with Gasteiger partial charge in [-0.1, -0.05) is 30.0 Å². The maximum Gasteiger partial charge on any atom is 0.330 e. The fraction of sp³-hybridized carbons (Fsp3) is 0.100. The van der Waals surface area contributed by atoms with Crippen molar-refractivity contribution in [2.24, 2.45) is 0 Å². The first-order chi connectivity index (χ1) is 6.33. The Hall–Kier alpha value is -1.22. The van der Waals surface area contributed by atoms with E-state index in [2.05, 4.69) is 4.74 Å². The molecule has 0 aliphatic carbocycles. The second-order valence-corrected chi connectivity index (χ2v) is 3.24. The van der Waals surface area contributed by atoms with E-state index in [1.54, 1.807) is 5.41 Å². The van der Waals surface area contributed by atoms with E-state index in [9.17, 15) is 4.79 Å². The first-order valence-corrected chi connectivity index (χ1v) is 4.67. The summed E-state index contributed by atoms with van der Waals surface area (Å²) in [6, 6.07) is 9.81. The normalized spacial score (nSPS) is 10.2. The fourth-order valence-corrected chi connectivity index (χ4v) is 1.39. The minimum Gasteiger partial charge on any atom is -0.466 e. The SMILES string of the molecule is COC(=O)/C=C/Sc1ccccc1. The number of hydrogen-bond acceptors (Lipinski definition) is 3. The van der Waals surface area contributed by atoms with Crippen molar-refractivity contribution in [3.8, 4) is 0 Å². The number of rotatable bonds is 3. The largest absolute Gasteiger partial charge is 0.466 e. The van der Waals surface area contributed by atoms with Crippen LogP contribution in [0.3, 0.4) is 0 Å². The third-order valence-electron chi connectivity index (χ3n) is 1.35. The van der Waals surface area contributed by atoms with Crippen molar-refractivity contribution < 1.29 is 9.53 Å². The molecule has 0 aliphatic heterocycles. The standard InChI is InChI=1S/C10H10O2S/c1-12-10(11)7-8-13-9-5-3-2-4-6-9/h2-8H,1H3/b8-7+. The third-order valence-corrected chi connectivity index (χ3v) is 2.17. The van der Waals surface area contributed by atoms with Crippen LogP contribution in [0.4, 0.5) is 0 Å². The maximum atomic E-state index is 10.7. The van der Waals surface area contributed by atoms with Gasteiger partial charge in [0.1, 0.15) is 0 Å². The number of esters is 1. The van der Waals surface area contributed by atoms with Gasteiger partial charge in [-0.05, 0) is 17.5 Å². The van der Waals surface area contributed by atoms with E-state index in [4.69, 9.17) is 0 Å². The van der Waals surface area contributed by atoms with Crippen LogP contribution in [0.2, 0.25) is 0 Å². The Balaban J connectivity index is 2.44.